The third-order valence-corrected chi connectivity index (χ3v) is 3.07. The second-order valence-corrected chi connectivity index (χ2v) is 4.74. The normalized spacial score (nSPS) is 10.5. The van der Waals surface area contributed by atoms with Gasteiger partial charge in [-0.15, -0.1) is 0 Å². The number of carbonyl (C=O) groups excluding carboxylic acids is 1. The summed E-state index contributed by atoms with van der Waals surface area (Å²) in [4.78, 5) is 12.0. The number of rotatable bonds is 3. The van der Waals surface area contributed by atoms with Crippen LogP contribution in [0.15, 0.2) is 36.4 Å². The van der Waals surface area contributed by atoms with E-state index >= 15 is 0 Å². The van der Waals surface area contributed by atoms with Gasteiger partial charge in [0.2, 0.25) is 0 Å². The molecule has 0 unspecified atom stereocenters. The maximum atomic E-state index is 13.1. The molecule has 4 heteroatoms. The number of halogens is 3. The molecule has 0 amide bonds. The van der Waals surface area contributed by atoms with Crippen LogP contribution in [-0.4, -0.2) is 5.78 Å². The van der Waals surface area contributed by atoms with Crippen molar-refractivity contribution in [1.82, 2.24) is 0 Å². The van der Waals surface area contributed by atoms with E-state index in [-0.39, 0.29) is 22.8 Å². The smallest absolute Gasteiger partial charge is 0.168 e. The molecule has 0 aromatic heterocycles. The average Bonchev–Trinajstić information content (AvgIpc) is 2.33. The summed E-state index contributed by atoms with van der Waals surface area (Å²) in [6.07, 6.45) is 0.104. The number of hydrogen-bond donors (Lipinski definition) is 0. The Morgan fingerprint density at radius 2 is 1.84 bits per heavy atom. The summed E-state index contributed by atoms with van der Waals surface area (Å²) in [6, 6.07) is 9.09. The van der Waals surface area contributed by atoms with Gasteiger partial charge in [0.05, 0.1) is 5.02 Å². The monoisotopic (exact) mass is 280 g/mol. The Labute approximate surface area is 114 Å². The lowest BCUT2D eigenvalue weighted by Crippen LogP contribution is -2.06. The molecule has 0 saturated carbocycles. The van der Waals surface area contributed by atoms with Crippen LogP contribution in [-0.2, 0) is 6.42 Å². The summed E-state index contributed by atoms with van der Waals surface area (Å²) in [5, 5.41) is -0.0726. The van der Waals surface area contributed by atoms with Crippen molar-refractivity contribution in [3.63, 3.8) is 0 Å². The van der Waals surface area contributed by atoms with Gasteiger partial charge in [-0.05, 0) is 24.6 Å². The zero-order chi connectivity index (χ0) is 14.0. The van der Waals surface area contributed by atoms with Crippen LogP contribution in [0.5, 0.6) is 0 Å². The van der Waals surface area contributed by atoms with Crippen molar-refractivity contribution in [2.45, 2.75) is 13.3 Å². The predicted molar refractivity (Wildman–Crippen MR) is 70.6 cm³/mol. The van der Waals surface area contributed by atoms with E-state index in [9.17, 15) is 13.6 Å². The molecule has 0 atom stereocenters. The molecule has 19 heavy (non-hydrogen) atoms. The molecule has 1 nitrogen and oxygen atoms in total. The summed E-state index contributed by atoms with van der Waals surface area (Å²) in [7, 11) is 0. The first-order chi connectivity index (χ1) is 8.97. The van der Waals surface area contributed by atoms with Crippen LogP contribution in [0.4, 0.5) is 8.78 Å². The summed E-state index contributed by atoms with van der Waals surface area (Å²) in [5.74, 6) is -2.47. The van der Waals surface area contributed by atoms with Gasteiger partial charge in [0, 0.05) is 12.0 Å². The maximum absolute atomic E-state index is 13.1. The van der Waals surface area contributed by atoms with Crippen LogP contribution >= 0.6 is 11.6 Å². The van der Waals surface area contributed by atoms with Gasteiger partial charge in [-0.1, -0.05) is 41.4 Å². The van der Waals surface area contributed by atoms with Gasteiger partial charge in [0.1, 0.15) is 0 Å². The lowest BCUT2D eigenvalue weighted by molar-refractivity contribution is 0.0992. The molecule has 0 spiro atoms. The molecule has 0 bridgehead atoms. The summed E-state index contributed by atoms with van der Waals surface area (Å²) >= 11 is 5.77. The zero-order valence-electron chi connectivity index (χ0n) is 10.2. The van der Waals surface area contributed by atoms with Gasteiger partial charge in [0.15, 0.2) is 17.4 Å². The maximum Gasteiger partial charge on any atom is 0.168 e. The van der Waals surface area contributed by atoms with Crippen LogP contribution in [0.25, 0.3) is 0 Å². The topological polar surface area (TPSA) is 17.1 Å². The van der Waals surface area contributed by atoms with E-state index in [1.165, 1.54) is 0 Å². The van der Waals surface area contributed by atoms with Crippen LogP contribution in [0, 0.1) is 18.6 Å². The number of aryl methyl sites for hydroxylation is 1. The van der Waals surface area contributed by atoms with Crippen LogP contribution in [0.1, 0.15) is 21.5 Å². The minimum atomic E-state index is -1.07. The zero-order valence-corrected chi connectivity index (χ0v) is 11.0. The number of hydrogen-bond acceptors (Lipinski definition) is 1. The summed E-state index contributed by atoms with van der Waals surface area (Å²) < 4.78 is 26.1. The highest BCUT2D eigenvalue weighted by Gasteiger charge is 2.15. The second kappa shape index (κ2) is 5.49. The second-order valence-electron chi connectivity index (χ2n) is 4.34. The molecule has 2 rings (SSSR count). The van der Waals surface area contributed by atoms with Gasteiger partial charge in [-0.25, -0.2) is 8.78 Å². The lowest BCUT2D eigenvalue weighted by atomic mass is 10.0. The van der Waals surface area contributed by atoms with E-state index < -0.39 is 11.6 Å². The summed E-state index contributed by atoms with van der Waals surface area (Å²) in [5.41, 5.74) is 1.84. The Hall–Kier alpha value is -1.74. The standard InChI is InChI=1S/C15H11ClF2O/c1-9-3-2-4-10(5-9)6-15(19)11-7-13(17)14(18)8-12(11)16/h2-5,7-8H,6H2,1H3. The molecule has 0 heterocycles. The average molecular weight is 281 g/mol. The predicted octanol–water partition coefficient (Wildman–Crippen LogP) is 4.35. The molecule has 98 valence electrons. The molecule has 0 aliphatic heterocycles. The fraction of sp³-hybridized carbons (Fsp3) is 0.133. The third kappa shape index (κ3) is 3.18. The molecule has 0 radical (unpaired) electrons. The van der Waals surface area contributed by atoms with Crippen molar-refractivity contribution < 1.29 is 13.6 Å². The van der Waals surface area contributed by atoms with Crippen LogP contribution in [0.2, 0.25) is 5.02 Å². The molecule has 2 aromatic rings. The van der Waals surface area contributed by atoms with E-state index in [1.54, 1.807) is 6.07 Å². The first kappa shape index (κ1) is 13.7. The van der Waals surface area contributed by atoms with E-state index in [1.807, 2.05) is 25.1 Å². The van der Waals surface area contributed by atoms with E-state index in [0.29, 0.717) is 0 Å². The Morgan fingerprint density at radius 1 is 1.16 bits per heavy atom. The Bertz CT molecular complexity index is 638. The van der Waals surface area contributed by atoms with Crippen molar-refractivity contribution in [3.05, 3.63) is 69.7 Å². The first-order valence-electron chi connectivity index (χ1n) is 5.70. The molecular formula is C15H11ClF2O. The Balaban J connectivity index is 2.28. The van der Waals surface area contributed by atoms with Crippen LogP contribution < -0.4 is 0 Å². The number of benzene rings is 2. The van der Waals surface area contributed by atoms with Gasteiger partial charge in [-0.2, -0.15) is 0 Å². The molecule has 0 aliphatic carbocycles. The minimum absolute atomic E-state index is 0.00192. The van der Waals surface area contributed by atoms with Crippen molar-refractivity contribution >= 4 is 17.4 Å². The first-order valence-corrected chi connectivity index (χ1v) is 6.08. The lowest BCUT2D eigenvalue weighted by Gasteiger charge is -2.05. The Kier molecular flexibility index (Phi) is 3.96. The van der Waals surface area contributed by atoms with Crippen LogP contribution in [0.3, 0.4) is 0 Å². The molecule has 2 aromatic carbocycles. The van der Waals surface area contributed by atoms with E-state index in [4.69, 9.17) is 11.6 Å². The van der Waals surface area contributed by atoms with E-state index in [2.05, 4.69) is 0 Å². The quantitative estimate of drug-likeness (QED) is 0.603. The van der Waals surface area contributed by atoms with Crippen molar-refractivity contribution in [2.75, 3.05) is 0 Å². The fourth-order valence-electron chi connectivity index (χ4n) is 1.84. The molecular weight excluding hydrogens is 270 g/mol. The highest BCUT2D eigenvalue weighted by molar-refractivity contribution is 6.34. The molecule has 0 N–H and O–H groups in total. The van der Waals surface area contributed by atoms with Gasteiger partial charge in [0.25, 0.3) is 0 Å². The molecule has 0 aliphatic rings. The number of ketones is 1. The molecule has 0 fully saturated rings. The van der Waals surface area contributed by atoms with Gasteiger partial charge in [-0.3, -0.25) is 4.79 Å². The highest BCUT2D eigenvalue weighted by atomic mass is 35.5. The van der Waals surface area contributed by atoms with Crippen molar-refractivity contribution in [1.29, 1.82) is 0 Å². The third-order valence-electron chi connectivity index (χ3n) is 2.76. The summed E-state index contributed by atoms with van der Waals surface area (Å²) in [6.45, 7) is 1.92. The number of Topliss-reactive ketones (excluding diaryl/α,β-unsaturated/α-hetero) is 1. The van der Waals surface area contributed by atoms with E-state index in [0.717, 1.165) is 23.3 Å². The fourth-order valence-corrected chi connectivity index (χ4v) is 2.09. The molecule has 0 saturated heterocycles. The van der Waals surface area contributed by atoms with Crippen molar-refractivity contribution in [2.24, 2.45) is 0 Å². The minimum Gasteiger partial charge on any atom is -0.294 e. The largest absolute Gasteiger partial charge is 0.294 e. The van der Waals surface area contributed by atoms with Gasteiger partial charge >= 0.3 is 0 Å². The number of carbonyl (C=O) groups is 1. The Morgan fingerprint density at radius 3 is 2.53 bits per heavy atom. The van der Waals surface area contributed by atoms with Gasteiger partial charge < -0.3 is 0 Å². The van der Waals surface area contributed by atoms with Crippen molar-refractivity contribution in [3.8, 4) is 0 Å². The SMILES string of the molecule is Cc1cccc(CC(=O)c2cc(F)c(F)cc2Cl)c1. The highest BCUT2D eigenvalue weighted by Crippen LogP contribution is 2.22.